The highest BCUT2D eigenvalue weighted by molar-refractivity contribution is 9.10. The number of phenolic OH excluding ortho intramolecular Hbond substituents is 1. The van der Waals surface area contributed by atoms with E-state index in [-0.39, 0.29) is 28.9 Å². The molecule has 1 N–H and O–H groups in total. The SMILES string of the molecule is CCOC(=O)c1cn2c(cc1=O)-c1cc(Br)c(O)cc1CC21CCC1. The van der Waals surface area contributed by atoms with Gasteiger partial charge in [-0.25, -0.2) is 4.79 Å². The monoisotopic (exact) mass is 403 g/mol. The molecule has 2 aromatic rings. The summed E-state index contributed by atoms with van der Waals surface area (Å²) in [5, 5.41) is 10.0. The summed E-state index contributed by atoms with van der Waals surface area (Å²) < 4.78 is 7.70. The van der Waals surface area contributed by atoms with Gasteiger partial charge in [-0.15, -0.1) is 0 Å². The lowest BCUT2D eigenvalue weighted by Gasteiger charge is -2.48. The summed E-state index contributed by atoms with van der Waals surface area (Å²) in [5.41, 5.74) is 2.35. The lowest BCUT2D eigenvalue weighted by molar-refractivity contribution is 0.0521. The maximum atomic E-state index is 12.5. The third-order valence-corrected chi connectivity index (χ3v) is 5.94. The standard InChI is InChI=1S/C19H18BrNO4/c1-2-25-18(24)13-10-21-15(8-16(13)22)12-7-14(20)17(23)6-11(12)9-19(21)4-3-5-19/h6-8,10,23H,2-5,9H2,1H3. The molecule has 4 rings (SSSR count). The Morgan fingerprint density at radius 2 is 2.12 bits per heavy atom. The van der Waals surface area contributed by atoms with Crippen LogP contribution in [0.1, 0.15) is 42.1 Å². The lowest BCUT2D eigenvalue weighted by Crippen LogP contribution is -2.46. The number of carbonyl (C=O) groups excluding carboxylic acids is 1. The van der Waals surface area contributed by atoms with Gasteiger partial charge < -0.3 is 14.4 Å². The minimum absolute atomic E-state index is 0.0816. The second-order valence-corrected chi connectivity index (χ2v) is 7.60. The van der Waals surface area contributed by atoms with Gasteiger partial charge >= 0.3 is 5.97 Å². The van der Waals surface area contributed by atoms with Crippen LogP contribution in [0, 0.1) is 0 Å². The van der Waals surface area contributed by atoms with Crippen LogP contribution in [0.5, 0.6) is 5.75 Å². The number of hydrogen-bond acceptors (Lipinski definition) is 4. The summed E-state index contributed by atoms with van der Waals surface area (Å²) in [7, 11) is 0. The fourth-order valence-corrected chi connectivity index (χ4v) is 4.27. The van der Waals surface area contributed by atoms with Crippen molar-refractivity contribution in [2.75, 3.05) is 6.61 Å². The van der Waals surface area contributed by atoms with Gasteiger partial charge in [-0.3, -0.25) is 4.79 Å². The Kier molecular flexibility index (Phi) is 3.76. The Hall–Kier alpha value is -2.08. The quantitative estimate of drug-likeness (QED) is 0.777. The van der Waals surface area contributed by atoms with Crippen molar-refractivity contribution in [3.8, 4) is 17.0 Å². The normalized spacial score (nSPS) is 16.7. The minimum atomic E-state index is -0.574. The van der Waals surface area contributed by atoms with E-state index < -0.39 is 5.97 Å². The Balaban J connectivity index is 1.96. The third kappa shape index (κ3) is 2.42. The van der Waals surface area contributed by atoms with Gasteiger partial charge in [0.2, 0.25) is 0 Å². The van der Waals surface area contributed by atoms with Crippen LogP contribution in [-0.4, -0.2) is 22.2 Å². The zero-order valence-electron chi connectivity index (χ0n) is 13.8. The van der Waals surface area contributed by atoms with E-state index in [1.807, 2.05) is 6.07 Å². The highest BCUT2D eigenvalue weighted by Gasteiger charge is 2.43. The van der Waals surface area contributed by atoms with Crippen molar-refractivity contribution in [1.82, 2.24) is 4.57 Å². The molecule has 1 aliphatic heterocycles. The average molecular weight is 404 g/mol. The van der Waals surface area contributed by atoms with Crippen molar-refractivity contribution in [3.05, 3.63) is 50.2 Å². The second kappa shape index (κ2) is 5.73. The topological polar surface area (TPSA) is 68.5 Å². The molecule has 2 aliphatic rings. The zero-order chi connectivity index (χ0) is 17.8. The van der Waals surface area contributed by atoms with Crippen LogP contribution in [0.25, 0.3) is 11.3 Å². The molecule has 6 heteroatoms. The van der Waals surface area contributed by atoms with Gasteiger partial charge in [0.1, 0.15) is 11.3 Å². The number of halogens is 1. The molecule has 5 nitrogen and oxygen atoms in total. The second-order valence-electron chi connectivity index (χ2n) is 6.74. The molecule has 0 bridgehead atoms. The molecule has 0 unspecified atom stereocenters. The molecule has 2 heterocycles. The van der Waals surface area contributed by atoms with Crippen LogP contribution in [0.15, 0.2) is 33.7 Å². The molecule has 0 amide bonds. The van der Waals surface area contributed by atoms with Crippen LogP contribution in [0.3, 0.4) is 0 Å². The first-order valence-electron chi connectivity index (χ1n) is 8.41. The molecule has 1 saturated carbocycles. The third-order valence-electron chi connectivity index (χ3n) is 5.31. The molecule has 0 atom stereocenters. The summed E-state index contributed by atoms with van der Waals surface area (Å²) in [6, 6.07) is 5.13. The van der Waals surface area contributed by atoms with Crippen LogP contribution in [0.4, 0.5) is 0 Å². The highest BCUT2D eigenvalue weighted by atomic mass is 79.9. The first-order valence-corrected chi connectivity index (χ1v) is 9.20. The molecule has 0 saturated heterocycles. The van der Waals surface area contributed by atoms with E-state index in [9.17, 15) is 14.7 Å². The van der Waals surface area contributed by atoms with E-state index in [4.69, 9.17) is 4.74 Å². The predicted molar refractivity (Wildman–Crippen MR) is 97.0 cm³/mol. The number of rotatable bonds is 2. The van der Waals surface area contributed by atoms with E-state index in [1.165, 1.54) is 6.07 Å². The van der Waals surface area contributed by atoms with Gasteiger partial charge in [-0.2, -0.15) is 0 Å². The van der Waals surface area contributed by atoms with Crippen molar-refractivity contribution in [2.24, 2.45) is 0 Å². The van der Waals surface area contributed by atoms with Gasteiger partial charge in [-0.05, 0) is 66.2 Å². The summed E-state index contributed by atoms with van der Waals surface area (Å²) in [6.07, 6.45) is 5.53. The molecule has 1 fully saturated rings. The Morgan fingerprint density at radius 3 is 2.76 bits per heavy atom. The molecule has 1 spiro atoms. The average Bonchev–Trinajstić information content (AvgIpc) is 2.54. The van der Waals surface area contributed by atoms with Gasteiger partial charge in [-0.1, -0.05) is 0 Å². The molecule has 1 aromatic heterocycles. The van der Waals surface area contributed by atoms with Gasteiger partial charge in [0.05, 0.1) is 16.8 Å². The molecular formula is C19H18BrNO4. The zero-order valence-corrected chi connectivity index (χ0v) is 15.4. The molecule has 0 radical (unpaired) electrons. The van der Waals surface area contributed by atoms with Crippen molar-refractivity contribution >= 4 is 21.9 Å². The molecule has 130 valence electrons. The van der Waals surface area contributed by atoms with Crippen LogP contribution < -0.4 is 5.43 Å². The Bertz CT molecular complexity index is 943. The van der Waals surface area contributed by atoms with E-state index >= 15 is 0 Å². The number of hydrogen-bond donors (Lipinski definition) is 1. The van der Waals surface area contributed by atoms with Crippen molar-refractivity contribution < 1.29 is 14.6 Å². The fourth-order valence-electron chi connectivity index (χ4n) is 3.93. The minimum Gasteiger partial charge on any atom is -0.507 e. The number of carbonyl (C=O) groups is 1. The Labute approximate surface area is 153 Å². The maximum absolute atomic E-state index is 12.5. The number of aromatic hydroxyl groups is 1. The van der Waals surface area contributed by atoms with Crippen molar-refractivity contribution in [2.45, 2.75) is 38.1 Å². The summed E-state index contributed by atoms with van der Waals surface area (Å²) in [6.45, 7) is 1.96. The van der Waals surface area contributed by atoms with E-state index in [0.717, 1.165) is 42.5 Å². The van der Waals surface area contributed by atoms with Crippen molar-refractivity contribution in [1.29, 1.82) is 0 Å². The summed E-state index contributed by atoms with van der Waals surface area (Å²) >= 11 is 3.35. The summed E-state index contributed by atoms with van der Waals surface area (Å²) in [4.78, 5) is 24.6. The number of fused-ring (bicyclic) bond motifs is 4. The predicted octanol–water partition coefficient (Wildman–Crippen LogP) is 3.60. The molecular weight excluding hydrogens is 386 g/mol. The number of aromatic nitrogens is 1. The van der Waals surface area contributed by atoms with E-state index in [1.54, 1.807) is 19.2 Å². The van der Waals surface area contributed by atoms with E-state index in [2.05, 4.69) is 20.5 Å². The van der Waals surface area contributed by atoms with E-state index in [0.29, 0.717) is 4.47 Å². The highest BCUT2D eigenvalue weighted by Crippen LogP contribution is 2.50. The van der Waals surface area contributed by atoms with Gasteiger partial charge in [0.25, 0.3) is 0 Å². The number of benzene rings is 1. The lowest BCUT2D eigenvalue weighted by atomic mass is 9.69. The van der Waals surface area contributed by atoms with Crippen LogP contribution in [0.2, 0.25) is 0 Å². The first-order chi connectivity index (χ1) is 11.9. The molecule has 25 heavy (non-hydrogen) atoms. The first kappa shape index (κ1) is 16.4. The number of pyridine rings is 1. The maximum Gasteiger partial charge on any atom is 0.343 e. The number of esters is 1. The van der Waals surface area contributed by atoms with Crippen LogP contribution >= 0.6 is 15.9 Å². The molecule has 1 aromatic carbocycles. The van der Waals surface area contributed by atoms with Gasteiger partial charge in [0.15, 0.2) is 5.43 Å². The molecule has 1 aliphatic carbocycles. The number of nitrogens with zero attached hydrogens (tertiary/aromatic N) is 1. The number of ether oxygens (including phenoxy) is 1. The Morgan fingerprint density at radius 1 is 1.36 bits per heavy atom. The number of phenols is 1. The smallest absolute Gasteiger partial charge is 0.343 e. The fraction of sp³-hybridized carbons (Fsp3) is 0.368. The summed E-state index contributed by atoms with van der Waals surface area (Å²) in [5.74, 6) is -0.373. The van der Waals surface area contributed by atoms with Gasteiger partial charge in [0, 0.05) is 23.4 Å². The van der Waals surface area contributed by atoms with Crippen LogP contribution in [-0.2, 0) is 16.7 Å². The largest absolute Gasteiger partial charge is 0.507 e. The van der Waals surface area contributed by atoms with Crippen molar-refractivity contribution in [3.63, 3.8) is 0 Å².